The molecule has 0 heterocycles. The maximum Gasteiger partial charge on any atom is 0.320 e. The minimum atomic E-state index is -0.884. The van der Waals surface area contributed by atoms with Crippen LogP contribution in [0.25, 0.3) is 0 Å². The van der Waals surface area contributed by atoms with E-state index < -0.39 is 23.9 Å². The van der Waals surface area contributed by atoms with Crippen molar-refractivity contribution in [2.45, 2.75) is 46.1 Å². The molecular weight excluding hydrogens is 222 g/mol. The van der Waals surface area contributed by atoms with E-state index in [1.165, 1.54) is 0 Å². The zero-order chi connectivity index (χ0) is 13.4. The van der Waals surface area contributed by atoms with Crippen molar-refractivity contribution in [1.29, 1.82) is 0 Å². The van der Waals surface area contributed by atoms with Gasteiger partial charge in [0.1, 0.15) is 6.04 Å². The summed E-state index contributed by atoms with van der Waals surface area (Å²) in [7, 11) is 0. The van der Waals surface area contributed by atoms with Gasteiger partial charge in [0.2, 0.25) is 0 Å². The number of carbonyl (C=O) groups is 2. The van der Waals surface area contributed by atoms with Gasteiger partial charge in [0.25, 0.3) is 0 Å². The van der Waals surface area contributed by atoms with E-state index >= 15 is 0 Å². The highest BCUT2D eigenvalue weighted by molar-refractivity contribution is 5.73. The van der Waals surface area contributed by atoms with Gasteiger partial charge in [0.15, 0.2) is 0 Å². The Bertz CT molecular complexity index is 255. The second kappa shape index (κ2) is 8.06. The van der Waals surface area contributed by atoms with E-state index in [1.54, 1.807) is 13.8 Å². The van der Waals surface area contributed by atoms with Crippen molar-refractivity contribution in [2.75, 3.05) is 6.54 Å². The van der Waals surface area contributed by atoms with Crippen LogP contribution < -0.4 is 5.32 Å². The molecule has 5 nitrogen and oxygen atoms in total. The van der Waals surface area contributed by atoms with Crippen LogP contribution in [-0.2, 0) is 9.59 Å². The van der Waals surface area contributed by atoms with Gasteiger partial charge in [0, 0.05) is 0 Å². The molecule has 3 atom stereocenters. The molecule has 0 radical (unpaired) electrons. The third-order valence-electron chi connectivity index (χ3n) is 3.09. The fourth-order valence-electron chi connectivity index (χ4n) is 1.80. The summed E-state index contributed by atoms with van der Waals surface area (Å²) in [5, 5.41) is 20.8. The molecule has 0 aliphatic heterocycles. The van der Waals surface area contributed by atoms with Gasteiger partial charge in [0.05, 0.1) is 5.92 Å². The fraction of sp³-hybridized carbons (Fsp3) is 0.833. The van der Waals surface area contributed by atoms with Gasteiger partial charge < -0.3 is 15.5 Å². The highest BCUT2D eigenvalue weighted by Gasteiger charge is 2.24. The van der Waals surface area contributed by atoms with Gasteiger partial charge in [-0.1, -0.05) is 27.2 Å². The van der Waals surface area contributed by atoms with Crippen LogP contribution in [0.15, 0.2) is 0 Å². The molecule has 0 rings (SSSR count). The van der Waals surface area contributed by atoms with Crippen molar-refractivity contribution in [3.05, 3.63) is 0 Å². The zero-order valence-electron chi connectivity index (χ0n) is 10.8. The van der Waals surface area contributed by atoms with Crippen LogP contribution in [-0.4, -0.2) is 34.7 Å². The lowest BCUT2D eigenvalue weighted by Gasteiger charge is -2.22. The first kappa shape index (κ1) is 15.9. The van der Waals surface area contributed by atoms with Gasteiger partial charge >= 0.3 is 11.9 Å². The largest absolute Gasteiger partial charge is 0.481 e. The van der Waals surface area contributed by atoms with Crippen LogP contribution in [0.2, 0.25) is 0 Å². The van der Waals surface area contributed by atoms with E-state index in [9.17, 15) is 9.59 Å². The SMILES string of the molecule is CCCC(CN[C@@H](CC)C(=O)O)[C@@H](C)C(=O)O. The minimum absolute atomic E-state index is 0.0223. The molecule has 0 aromatic heterocycles. The van der Waals surface area contributed by atoms with Crippen LogP contribution in [0.1, 0.15) is 40.0 Å². The molecule has 0 saturated heterocycles. The summed E-state index contributed by atoms with van der Waals surface area (Å²) >= 11 is 0. The van der Waals surface area contributed by atoms with Gasteiger partial charge in [-0.25, -0.2) is 0 Å². The topological polar surface area (TPSA) is 86.6 Å². The first-order valence-corrected chi connectivity index (χ1v) is 6.12. The van der Waals surface area contributed by atoms with Crippen molar-refractivity contribution in [3.8, 4) is 0 Å². The van der Waals surface area contributed by atoms with Gasteiger partial charge in [-0.15, -0.1) is 0 Å². The Morgan fingerprint density at radius 3 is 2.12 bits per heavy atom. The Hall–Kier alpha value is -1.10. The summed E-state index contributed by atoms with van der Waals surface area (Å²) in [6.07, 6.45) is 2.18. The van der Waals surface area contributed by atoms with E-state index in [2.05, 4.69) is 5.32 Å². The first-order valence-electron chi connectivity index (χ1n) is 6.12. The average Bonchev–Trinajstić information content (AvgIpc) is 2.26. The summed E-state index contributed by atoms with van der Waals surface area (Å²) in [4.78, 5) is 21.7. The van der Waals surface area contributed by atoms with Crippen LogP contribution in [0.3, 0.4) is 0 Å². The Kier molecular flexibility index (Phi) is 7.54. The third-order valence-corrected chi connectivity index (χ3v) is 3.09. The number of aliphatic carboxylic acids is 2. The van der Waals surface area contributed by atoms with Crippen molar-refractivity contribution in [1.82, 2.24) is 5.32 Å². The van der Waals surface area contributed by atoms with Crippen molar-refractivity contribution in [3.63, 3.8) is 0 Å². The Balaban J connectivity index is 4.34. The smallest absolute Gasteiger partial charge is 0.320 e. The lowest BCUT2D eigenvalue weighted by Crippen LogP contribution is -2.41. The van der Waals surface area contributed by atoms with Crippen molar-refractivity contribution >= 4 is 11.9 Å². The summed E-state index contributed by atoms with van der Waals surface area (Å²) in [5.74, 6) is -2.18. The van der Waals surface area contributed by atoms with Crippen LogP contribution >= 0.6 is 0 Å². The molecule has 0 aromatic carbocycles. The maximum atomic E-state index is 10.9. The van der Waals surface area contributed by atoms with E-state index in [4.69, 9.17) is 10.2 Å². The van der Waals surface area contributed by atoms with E-state index in [-0.39, 0.29) is 5.92 Å². The molecule has 3 N–H and O–H groups in total. The Morgan fingerprint density at radius 2 is 1.76 bits per heavy atom. The molecule has 17 heavy (non-hydrogen) atoms. The maximum absolute atomic E-state index is 10.9. The van der Waals surface area contributed by atoms with Gasteiger partial charge in [-0.05, 0) is 25.3 Å². The predicted octanol–water partition coefficient (Wildman–Crippen LogP) is 1.58. The second-order valence-corrected chi connectivity index (χ2v) is 4.38. The lowest BCUT2D eigenvalue weighted by molar-refractivity contribution is -0.143. The van der Waals surface area contributed by atoms with E-state index in [0.29, 0.717) is 13.0 Å². The molecular formula is C12H23NO4. The first-order chi connectivity index (χ1) is 7.93. The fourth-order valence-corrected chi connectivity index (χ4v) is 1.80. The number of carboxylic acid groups (broad SMARTS) is 2. The molecule has 0 amide bonds. The average molecular weight is 245 g/mol. The van der Waals surface area contributed by atoms with E-state index in [0.717, 1.165) is 12.8 Å². The van der Waals surface area contributed by atoms with Crippen LogP contribution in [0.4, 0.5) is 0 Å². The molecule has 0 fully saturated rings. The summed E-state index contributed by atoms with van der Waals surface area (Å²) in [5.41, 5.74) is 0. The molecule has 5 heteroatoms. The summed E-state index contributed by atoms with van der Waals surface area (Å²) in [6, 6.07) is -0.588. The molecule has 0 aliphatic rings. The summed E-state index contributed by atoms with van der Waals surface area (Å²) in [6.45, 7) is 5.90. The molecule has 0 saturated carbocycles. The quantitative estimate of drug-likeness (QED) is 0.574. The Labute approximate surface area is 102 Å². The Morgan fingerprint density at radius 1 is 1.18 bits per heavy atom. The van der Waals surface area contributed by atoms with E-state index in [1.807, 2.05) is 6.92 Å². The van der Waals surface area contributed by atoms with Gasteiger partial charge in [-0.3, -0.25) is 9.59 Å². The molecule has 0 aliphatic carbocycles. The highest BCUT2D eigenvalue weighted by atomic mass is 16.4. The number of hydrogen-bond acceptors (Lipinski definition) is 3. The normalized spacial score (nSPS) is 16.2. The lowest BCUT2D eigenvalue weighted by atomic mass is 9.89. The summed E-state index contributed by atoms with van der Waals surface area (Å²) < 4.78 is 0. The van der Waals surface area contributed by atoms with Gasteiger partial charge in [-0.2, -0.15) is 0 Å². The highest BCUT2D eigenvalue weighted by Crippen LogP contribution is 2.17. The second-order valence-electron chi connectivity index (χ2n) is 4.38. The monoisotopic (exact) mass is 245 g/mol. The molecule has 1 unspecified atom stereocenters. The molecule has 0 bridgehead atoms. The molecule has 0 spiro atoms. The minimum Gasteiger partial charge on any atom is -0.481 e. The third kappa shape index (κ3) is 5.68. The number of rotatable bonds is 9. The predicted molar refractivity (Wildman–Crippen MR) is 64.9 cm³/mol. The standard InChI is InChI=1S/C12H23NO4/c1-4-6-9(8(3)11(14)15)7-13-10(5-2)12(16)17/h8-10,13H,4-7H2,1-3H3,(H,14,15)(H,16,17)/t8-,9?,10+/m1/s1. The number of carboxylic acids is 2. The molecule has 0 aromatic rings. The van der Waals surface area contributed by atoms with Crippen molar-refractivity contribution in [2.24, 2.45) is 11.8 Å². The number of hydrogen-bond donors (Lipinski definition) is 3. The van der Waals surface area contributed by atoms with Crippen molar-refractivity contribution < 1.29 is 19.8 Å². The molecule has 100 valence electrons. The van der Waals surface area contributed by atoms with Crippen LogP contribution in [0, 0.1) is 11.8 Å². The van der Waals surface area contributed by atoms with Crippen LogP contribution in [0.5, 0.6) is 0 Å². The number of nitrogens with one attached hydrogen (secondary N) is 1. The zero-order valence-corrected chi connectivity index (χ0v) is 10.8.